The Balaban J connectivity index is 2.08. The first-order valence-electron chi connectivity index (χ1n) is 9.34. The average molecular weight is 423 g/mol. The predicted octanol–water partition coefficient (Wildman–Crippen LogP) is 0.833. The fourth-order valence-corrected chi connectivity index (χ4v) is 3.38. The van der Waals surface area contributed by atoms with Crippen LogP contribution >= 0.6 is 11.3 Å². The molecule has 0 saturated heterocycles. The van der Waals surface area contributed by atoms with Gasteiger partial charge in [-0.3, -0.25) is 24.5 Å². The number of amides is 3. The highest BCUT2D eigenvalue weighted by molar-refractivity contribution is 7.09. The number of likely N-dealkylation sites (N-methyl/N-ethyl adjacent to an activating group) is 1. The van der Waals surface area contributed by atoms with E-state index in [9.17, 15) is 19.2 Å². The van der Waals surface area contributed by atoms with Crippen LogP contribution < -0.4 is 32.5 Å². The number of rotatable bonds is 9. The Labute approximate surface area is 171 Å². The third-order valence-corrected chi connectivity index (χ3v) is 5.11. The highest BCUT2D eigenvalue weighted by Gasteiger charge is 2.20. The van der Waals surface area contributed by atoms with Crippen LogP contribution in [0.25, 0.3) is 0 Å². The van der Waals surface area contributed by atoms with Gasteiger partial charge in [-0.25, -0.2) is 9.59 Å². The molecule has 0 spiro atoms. The maximum atomic E-state index is 12.3. The number of nitrogens with two attached hydrogens (primary N) is 1. The minimum Gasteiger partial charge on any atom is -0.383 e. The average Bonchev–Trinajstić information content (AvgIpc) is 3.18. The van der Waals surface area contributed by atoms with Crippen LogP contribution in [0.15, 0.2) is 27.1 Å². The molecule has 0 saturated carbocycles. The van der Waals surface area contributed by atoms with Crippen LogP contribution in [0.1, 0.15) is 31.6 Å². The van der Waals surface area contributed by atoms with Gasteiger partial charge in [0.2, 0.25) is 5.91 Å². The number of carbonyl (C=O) groups is 2. The van der Waals surface area contributed by atoms with Crippen LogP contribution in [0.3, 0.4) is 0 Å². The van der Waals surface area contributed by atoms with Crippen molar-refractivity contribution in [1.82, 2.24) is 20.2 Å². The van der Waals surface area contributed by atoms with Gasteiger partial charge in [0.25, 0.3) is 5.56 Å². The van der Waals surface area contributed by atoms with Gasteiger partial charge in [0, 0.05) is 18.0 Å². The third-order valence-electron chi connectivity index (χ3n) is 4.24. The number of carbonyl (C=O) groups excluding carboxylic acids is 2. The molecule has 0 aliphatic heterocycles. The van der Waals surface area contributed by atoms with Crippen LogP contribution in [0, 0.1) is 0 Å². The van der Waals surface area contributed by atoms with E-state index in [1.165, 1.54) is 20.8 Å². The summed E-state index contributed by atoms with van der Waals surface area (Å²) in [7, 11) is 0. The molecule has 2 rings (SSSR count). The monoisotopic (exact) mass is 422 g/mol. The maximum Gasteiger partial charge on any atom is 0.330 e. The van der Waals surface area contributed by atoms with Crippen molar-refractivity contribution in [3.05, 3.63) is 43.2 Å². The van der Waals surface area contributed by atoms with Gasteiger partial charge in [-0.05, 0) is 24.8 Å². The minimum absolute atomic E-state index is 0.00370. The Morgan fingerprint density at radius 2 is 2.07 bits per heavy atom. The number of unbranched alkanes of at least 4 members (excludes halogenated alkanes) is 1. The number of nitrogen functional groups attached to an aromatic ring is 1. The summed E-state index contributed by atoms with van der Waals surface area (Å²) in [4.78, 5) is 53.2. The molecule has 0 aromatic carbocycles. The second kappa shape index (κ2) is 10.5. The fourth-order valence-electron chi connectivity index (χ4n) is 2.73. The largest absolute Gasteiger partial charge is 0.383 e. The van der Waals surface area contributed by atoms with Gasteiger partial charge in [-0.1, -0.05) is 19.4 Å². The lowest BCUT2D eigenvalue weighted by molar-refractivity contribution is -0.118. The Morgan fingerprint density at radius 1 is 1.31 bits per heavy atom. The second-order valence-corrected chi connectivity index (χ2v) is 7.35. The lowest BCUT2D eigenvalue weighted by Gasteiger charge is -2.24. The lowest BCUT2D eigenvalue weighted by atomic mass is 10.3. The number of hydrogen-bond acceptors (Lipinski definition) is 7. The predicted molar refractivity (Wildman–Crippen MR) is 113 cm³/mol. The lowest BCUT2D eigenvalue weighted by Crippen LogP contribution is -2.46. The summed E-state index contributed by atoms with van der Waals surface area (Å²) in [6.07, 6.45) is 1.56. The van der Waals surface area contributed by atoms with Gasteiger partial charge in [0.05, 0.1) is 13.1 Å². The molecule has 0 radical (unpaired) electrons. The first-order valence-corrected chi connectivity index (χ1v) is 10.2. The SMILES string of the molecule is CCCCn1c(N)c(N(CC)CC(=O)NC(=O)NCc2cccs2)c(=O)[nH]c1=O. The molecular formula is C18H26N6O4S. The summed E-state index contributed by atoms with van der Waals surface area (Å²) in [5.41, 5.74) is 4.86. The van der Waals surface area contributed by atoms with Gasteiger partial charge >= 0.3 is 11.7 Å². The normalized spacial score (nSPS) is 10.6. The van der Waals surface area contributed by atoms with E-state index in [0.29, 0.717) is 19.5 Å². The number of nitrogens with one attached hydrogen (secondary N) is 3. The second-order valence-electron chi connectivity index (χ2n) is 6.32. The summed E-state index contributed by atoms with van der Waals surface area (Å²) < 4.78 is 1.29. The van der Waals surface area contributed by atoms with Crippen molar-refractivity contribution in [2.24, 2.45) is 0 Å². The molecule has 0 aliphatic carbocycles. The van der Waals surface area contributed by atoms with Crippen molar-refractivity contribution in [3.63, 3.8) is 0 Å². The summed E-state index contributed by atoms with van der Waals surface area (Å²) in [5.74, 6) is -0.593. The van der Waals surface area contributed by atoms with E-state index in [4.69, 9.17) is 5.73 Å². The first-order chi connectivity index (χ1) is 13.9. The van der Waals surface area contributed by atoms with Gasteiger partial charge in [-0.15, -0.1) is 11.3 Å². The number of thiophene rings is 1. The van der Waals surface area contributed by atoms with Crippen LogP contribution in [0.4, 0.5) is 16.3 Å². The van der Waals surface area contributed by atoms with E-state index in [1.807, 2.05) is 24.4 Å². The molecule has 29 heavy (non-hydrogen) atoms. The molecule has 2 aromatic heterocycles. The van der Waals surface area contributed by atoms with Crippen molar-refractivity contribution in [2.45, 2.75) is 39.8 Å². The molecule has 0 aliphatic rings. The Bertz CT molecular complexity index is 950. The van der Waals surface area contributed by atoms with E-state index in [1.54, 1.807) is 6.92 Å². The van der Waals surface area contributed by atoms with Gasteiger partial charge in [-0.2, -0.15) is 0 Å². The highest BCUT2D eigenvalue weighted by atomic mass is 32.1. The van der Waals surface area contributed by atoms with E-state index >= 15 is 0 Å². The van der Waals surface area contributed by atoms with Crippen molar-refractivity contribution in [3.8, 4) is 0 Å². The summed E-state index contributed by atoms with van der Waals surface area (Å²) in [6, 6.07) is 3.11. The van der Waals surface area contributed by atoms with Crippen molar-refractivity contribution >= 4 is 34.8 Å². The van der Waals surface area contributed by atoms with Gasteiger partial charge in [0.1, 0.15) is 11.5 Å². The van der Waals surface area contributed by atoms with E-state index in [2.05, 4.69) is 15.6 Å². The smallest absolute Gasteiger partial charge is 0.330 e. The van der Waals surface area contributed by atoms with E-state index in [-0.39, 0.29) is 24.6 Å². The van der Waals surface area contributed by atoms with E-state index in [0.717, 1.165) is 11.3 Å². The topological polar surface area (TPSA) is 142 Å². The zero-order valence-corrected chi connectivity index (χ0v) is 17.3. The number of nitrogens with zero attached hydrogens (tertiary/aromatic N) is 2. The summed E-state index contributed by atoms with van der Waals surface area (Å²) in [5, 5.41) is 6.71. The number of aromatic amines is 1. The van der Waals surface area contributed by atoms with E-state index < -0.39 is 23.2 Å². The molecule has 0 unspecified atom stereocenters. The maximum absolute atomic E-state index is 12.3. The van der Waals surface area contributed by atoms with Gasteiger partial charge in [0.15, 0.2) is 0 Å². The Morgan fingerprint density at radius 3 is 2.69 bits per heavy atom. The molecule has 0 fully saturated rings. The number of aromatic nitrogens is 2. The third kappa shape index (κ3) is 5.95. The number of imide groups is 1. The molecule has 10 nitrogen and oxygen atoms in total. The number of H-pyrrole nitrogens is 1. The molecule has 0 bridgehead atoms. The quantitative estimate of drug-likeness (QED) is 0.471. The molecule has 0 atom stereocenters. The standard InChI is InChI=1S/C18H26N6O4S/c1-3-5-8-24-15(19)14(16(26)22-18(24)28)23(4-2)11-13(25)21-17(27)20-10-12-7-6-9-29-12/h6-7,9H,3-5,8,10-11,19H2,1-2H3,(H,22,26,28)(H2,20,21,25,27). The van der Waals surface area contributed by atoms with Crippen molar-refractivity contribution in [1.29, 1.82) is 0 Å². The van der Waals surface area contributed by atoms with Crippen molar-refractivity contribution < 1.29 is 9.59 Å². The highest BCUT2D eigenvalue weighted by Crippen LogP contribution is 2.16. The van der Waals surface area contributed by atoms with Crippen molar-refractivity contribution in [2.75, 3.05) is 23.7 Å². The van der Waals surface area contributed by atoms with Crippen LogP contribution in [-0.4, -0.2) is 34.6 Å². The molecule has 2 heterocycles. The Kier molecular flexibility index (Phi) is 8.01. The van der Waals surface area contributed by atoms with Gasteiger partial charge < -0.3 is 16.0 Å². The zero-order valence-electron chi connectivity index (χ0n) is 16.5. The zero-order chi connectivity index (χ0) is 21.4. The van der Waals surface area contributed by atoms with Crippen LogP contribution in [0.2, 0.25) is 0 Å². The summed E-state index contributed by atoms with van der Waals surface area (Å²) in [6.45, 7) is 4.40. The number of hydrogen-bond donors (Lipinski definition) is 4. The molecule has 11 heteroatoms. The molecule has 2 aromatic rings. The molecular weight excluding hydrogens is 396 g/mol. The summed E-state index contributed by atoms with van der Waals surface area (Å²) >= 11 is 1.49. The number of anilines is 2. The number of urea groups is 1. The first kappa shape index (κ1) is 22.2. The molecule has 5 N–H and O–H groups in total. The Hall–Kier alpha value is -3.08. The molecule has 158 valence electrons. The fraction of sp³-hybridized carbons (Fsp3) is 0.444. The minimum atomic E-state index is -0.669. The van der Waals surface area contributed by atoms with Crippen LogP contribution in [-0.2, 0) is 17.9 Å². The molecule has 3 amide bonds. The van der Waals surface area contributed by atoms with Crippen LogP contribution in [0.5, 0.6) is 0 Å².